The van der Waals surface area contributed by atoms with E-state index >= 15 is 0 Å². The molecule has 2 N–H and O–H groups in total. The van der Waals surface area contributed by atoms with E-state index in [9.17, 15) is 9.59 Å². The number of aryl methyl sites for hydroxylation is 1. The van der Waals surface area contributed by atoms with Crippen LogP contribution in [0, 0.1) is 12.8 Å². The van der Waals surface area contributed by atoms with Gasteiger partial charge in [0.1, 0.15) is 0 Å². The number of nitrogens with one attached hydrogen (secondary N) is 2. The van der Waals surface area contributed by atoms with Crippen molar-refractivity contribution in [1.82, 2.24) is 5.32 Å². The Hall–Kier alpha value is -1.40. The lowest BCUT2D eigenvalue weighted by Gasteiger charge is -2.21. The Labute approximate surface area is 132 Å². The minimum atomic E-state index is -0.230. The Morgan fingerprint density at radius 3 is 2.71 bits per heavy atom. The van der Waals surface area contributed by atoms with Crippen molar-refractivity contribution in [3.63, 3.8) is 0 Å². The van der Waals surface area contributed by atoms with Gasteiger partial charge in [-0.05, 0) is 37.5 Å². The summed E-state index contributed by atoms with van der Waals surface area (Å²) in [5.74, 6) is -0.343. The van der Waals surface area contributed by atoms with E-state index in [-0.39, 0.29) is 24.3 Å². The number of rotatable bonds is 4. The number of amides is 2. The summed E-state index contributed by atoms with van der Waals surface area (Å²) in [6.07, 6.45) is 1.44. The van der Waals surface area contributed by atoms with Crippen LogP contribution in [0.2, 0.25) is 0 Å². The van der Waals surface area contributed by atoms with Gasteiger partial charge in [0.05, 0.1) is 6.54 Å². The predicted molar refractivity (Wildman–Crippen MR) is 84.1 cm³/mol. The third kappa shape index (κ3) is 4.82. The fraction of sp³-hybridized carbons (Fsp3) is 0.467. The summed E-state index contributed by atoms with van der Waals surface area (Å²) in [5, 5.41) is 5.44. The van der Waals surface area contributed by atoms with Crippen LogP contribution in [-0.4, -0.2) is 31.6 Å². The van der Waals surface area contributed by atoms with Gasteiger partial charge in [-0.3, -0.25) is 9.59 Å². The molecule has 21 heavy (non-hydrogen) atoms. The van der Waals surface area contributed by atoms with E-state index in [2.05, 4.69) is 26.6 Å². The van der Waals surface area contributed by atoms with E-state index in [1.165, 1.54) is 0 Å². The van der Waals surface area contributed by atoms with Gasteiger partial charge in [-0.25, -0.2) is 0 Å². The van der Waals surface area contributed by atoms with Gasteiger partial charge in [0, 0.05) is 29.3 Å². The van der Waals surface area contributed by atoms with Gasteiger partial charge in [0.2, 0.25) is 11.8 Å². The highest BCUT2D eigenvalue weighted by Gasteiger charge is 2.21. The van der Waals surface area contributed by atoms with E-state index in [0.29, 0.717) is 18.9 Å². The summed E-state index contributed by atoms with van der Waals surface area (Å²) < 4.78 is 6.15. The summed E-state index contributed by atoms with van der Waals surface area (Å²) in [6.45, 7) is 3.19. The van der Waals surface area contributed by atoms with Crippen molar-refractivity contribution < 1.29 is 14.3 Å². The molecular formula is C15H19BrN2O3. The van der Waals surface area contributed by atoms with Gasteiger partial charge in [0.25, 0.3) is 0 Å². The molecule has 6 heteroatoms. The first-order valence-corrected chi connectivity index (χ1v) is 7.77. The van der Waals surface area contributed by atoms with Crippen LogP contribution in [-0.2, 0) is 14.3 Å². The molecule has 0 spiro atoms. The number of anilines is 1. The molecule has 0 saturated carbocycles. The Bertz CT molecular complexity index is 528. The minimum Gasteiger partial charge on any atom is -0.381 e. The summed E-state index contributed by atoms with van der Waals surface area (Å²) in [4.78, 5) is 23.7. The van der Waals surface area contributed by atoms with E-state index in [0.717, 1.165) is 22.9 Å². The zero-order valence-corrected chi connectivity index (χ0v) is 13.5. The Morgan fingerprint density at radius 1 is 1.33 bits per heavy atom. The summed E-state index contributed by atoms with van der Waals surface area (Å²) in [6, 6.07) is 5.59. The lowest BCUT2D eigenvalue weighted by atomic mass is 9.99. The topological polar surface area (TPSA) is 67.4 Å². The number of halogens is 1. The number of hydrogen-bond donors (Lipinski definition) is 2. The number of ether oxygens (including phenoxy) is 1. The molecular weight excluding hydrogens is 336 g/mol. The zero-order valence-electron chi connectivity index (χ0n) is 11.9. The van der Waals surface area contributed by atoms with Crippen LogP contribution in [0.4, 0.5) is 5.69 Å². The maximum Gasteiger partial charge on any atom is 0.243 e. The van der Waals surface area contributed by atoms with E-state index < -0.39 is 0 Å². The quantitative estimate of drug-likeness (QED) is 0.871. The Kier molecular flexibility index (Phi) is 5.76. The van der Waals surface area contributed by atoms with Crippen LogP contribution in [0.5, 0.6) is 0 Å². The largest absolute Gasteiger partial charge is 0.381 e. The normalized spacial score (nSPS) is 15.5. The van der Waals surface area contributed by atoms with Crippen LogP contribution in [0.25, 0.3) is 0 Å². The minimum absolute atomic E-state index is 0.0122. The maximum atomic E-state index is 11.9. The average Bonchev–Trinajstić information content (AvgIpc) is 2.49. The molecule has 2 rings (SSSR count). The predicted octanol–water partition coefficient (Wildman–Crippen LogP) is 2.24. The van der Waals surface area contributed by atoms with Crippen molar-refractivity contribution in [1.29, 1.82) is 0 Å². The van der Waals surface area contributed by atoms with Gasteiger partial charge < -0.3 is 15.4 Å². The molecule has 0 unspecified atom stereocenters. The lowest BCUT2D eigenvalue weighted by Crippen LogP contribution is -2.38. The first-order chi connectivity index (χ1) is 10.1. The van der Waals surface area contributed by atoms with Crippen LogP contribution < -0.4 is 10.6 Å². The van der Waals surface area contributed by atoms with Crippen LogP contribution >= 0.6 is 15.9 Å². The highest BCUT2D eigenvalue weighted by atomic mass is 79.9. The fourth-order valence-electron chi connectivity index (χ4n) is 2.15. The molecule has 1 aromatic rings. The van der Waals surface area contributed by atoms with Crippen molar-refractivity contribution >= 4 is 33.4 Å². The SMILES string of the molecule is Cc1ccc(NC(=O)CNC(=O)C2CCOCC2)cc1Br. The highest BCUT2D eigenvalue weighted by Crippen LogP contribution is 2.20. The van der Waals surface area contributed by atoms with Crippen LogP contribution in [0.15, 0.2) is 22.7 Å². The van der Waals surface area contributed by atoms with Gasteiger partial charge >= 0.3 is 0 Å². The van der Waals surface area contributed by atoms with E-state index in [1.54, 1.807) is 0 Å². The molecule has 1 aromatic carbocycles. The van der Waals surface area contributed by atoms with Gasteiger partial charge in [0.15, 0.2) is 0 Å². The van der Waals surface area contributed by atoms with Gasteiger partial charge in [-0.15, -0.1) is 0 Å². The molecule has 114 valence electrons. The van der Waals surface area contributed by atoms with E-state index in [1.807, 2.05) is 25.1 Å². The average molecular weight is 355 g/mol. The maximum absolute atomic E-state index is 11.9. The number of carbonyl (C=O) groups excluding carboxylic acids is 2. The molecule has 0 aliphatic carbocycles. The molecule has 1 aliphatic rings. The molecule has 0 radical (unpaired) electrons. The molecule has 2 amide bonds. The zero-order chi connectivity index (χ0) is 15.2. The molecule has 0 atom stereocenters. The molecule has 1 heterocycles. The summed E-state index contributed by atoms with van der Waals surface area (Å²) in [7, 11) is 0. The van der Waals surface area contributed by atoms with Crippen LogP contribution in [0.1, 0.15) is 18.4 Å². The molecule has 0 aromatic heterocycles. The van der Waals surface area contributed by atoms with Crippen molar-refractivity contribution in [3.8, 4) is 0 Å². The molecule has 1 saturated heterocycles. The molecule has 5 nitrogen and oxygen atoms in total. The third-order valence-electron chi connectivity index (χ3n) is 3.47. The molecule has 1 fully saturated rings. The first-order valence-electron chi connectivity index (χ1n) is 6.97. The van der Waals surface area contributed by atoms with E-state index in [4.69, 9.17) is 4.74 Å². The summed E-state index contributed by atoms with van der Waals surface area (Å²) >= 11 is 3.42. The highest BCUT2D eigenvalue weighted by molar-refractivity contribution is 9.10. The molecule has 1 aliphatic heterocycles. The van der Waals surface area contributed by atoms with Crippen molar-refractivity contribution in [2.75, 3.05) is 25.1 Å². The molecule has 0 bridgehead atoms. The number of benzene rings is 1. The van der Waals surface area contributed by atoms with Gasteiger partial charge in [-0.1, -0.05) is 22.0 Å². The third-order valence-corrected chi connectivity index (χ3v) is 4.33. The first kappa shape index (κ1) is 16.0. The monoisotopic (exact) mass is 354 g/mol. The number of hydrogen-bond acceptors (Lipinski definition) is 3. The second-order valence-corrected chi connectivity index (χ2v) is 5.97. The van der Waals surface area contributed by atoms with Crippen molar-refractivity contribution in [2.45, 2.75) is 19.8 Å². The second kappa shape index (κ2) is 7.56. The van der Waals surface area contributed by atoms with Gasteiger partial charge in [-0.2, -0.15) is 0 Å². The van der Waals surface area contributed by atoms with Crippen LogP contribution in [0.3, 0.4) is 0 Å². The number of carbonyl (C=O) groups is 2. The van der Waals surface area contributed by atoms with Crippen molar-refractivity contribution in [2.24, 2.45) is 5.92 Å². The fourth-order valence-corrected chi connectivity index (χ4v) is 2.53. The Morgan fingerprint density at radius 2 is 2.05 bits per heavy atom. The van der Waals surface area contributed by atoms with Crippen molar-refractivity contribution in [3.05, 3.63) is 28.2 Å². The Balaban J connectivity index is 1.78. The standard InChI is InChI=1S/C15H19BrN2O3/c1-10-2-3-12(8-13(10)16)18-14(19)9-17-15(20)11-4-6-21-7-5-11/h2-3,8,11H,4-7,9H2,1H3,(H,17,20)(H,18,19). The lowest BCUT2D eigenvalue weighted by molar-refractivity contribution is -0.129. The summed E-state index contributed by atoms with van der Waals surface area (Å²) in [5.41, 5.74) is 1.80. The second-order valence-electron chi connectivity index (χ2n) is 5.12. The smallest absolute Gasteiger partial charge is 0.243 e.